The molecule has 1 amide bonds. The third kappa shape index (κ3) is 4.87. The van der Waals surface area contributed by atoms with Gasteiger partial charge in [0, 0.05) is 13.2 Å². The lowest BCUT2D eigenvalue weighted by Gasteiger charge is -2.20. The molecule has 4 nitrogen and oxygen atoms in total. The van der Waals surface area contributed by atoms with Crippen molar-refractivity contribution in [3.8, 4) is 5.75 Å². The van der Waals surface area contributed by atoms with Crippen LogP contribution >= 0.6 is 0 Å². The molecule has 0 saturated heterocycles. The minimum Gasteiger partial charge on any atom is -0.478 e. The Bertz CT molecular complexity index is 411. The minimum absolute atomic E-state index is 0.0869. The van der Waals surface area contributed by atoms with Crippen LogP contribution in [-0.4, -0.2) is 31.8 Å². The fraction of sp³-hybridized carbons (Fsp3) is 0.500. The highest BCUT2D eigenvalue weighted by atomic mass is 19.1. The van der Waals surface area contributed by atoms with Gasteiger partial charge in [-0.25, -0.2) is 4.39 Å². The summed E-state index contributed by atoms with van der Waals surface area (Å²) in [5.41, 5.74) is 0. The van der Waals surface area contributed by atoms with E-state index in [0.717, 1.165) is 0 Å². The van der Waals surface area contributed by atoms with Crippen molar-refractivity contribution in [2.75, 3.05) is 13.7 Å². The molecule has 0 fully saturated rings. The lowest BCUT2D eigenvalue weighted by molar-refractivity contribution is -0.129. The highest BCUT2D eigenvalue weighted by Crippen LogP contribution is 2.18. The average Bonchev–Trinajstić information content (AvgIpc) is 2.37. The number of ether oxygens (including phenoxy) is 2. The molecule has 0 unspecified atom stereocenters. The van der Waals surface area contributed by atoms with Crippen LogP contribution in [0.5, 0.6) is 5.75 Å². The van der Waals surface area contributed by atoms with E-state index < -0.39 is 11.9 Å². The van der Waals surface area contributed by atoms with Crippen LogP contribution in [-0.2, 0) is 9.53 Å². The Hall–Kier alpha value is -1.62. The van der Waals surface area contributed by atoms with E-state index in [1.807, 2.05) is 13.8 Å². The number of methoxy groups -OCH3 is 1. The first-order chi connectivity index (χ1) is 9.08. The Morgan fingerprint density at radius 2 is 2.11 bits per heavy atom. The Morgan fingerprint density at radius 1 is 1.42 bits per heavy atom. The maximum atomic E-state index is 13.5. The number of nitrogens with one attached hydrogen (secondary N) is 1. The van der Waals surface area contributed by atoms with Gasteiger partial charge in [0.1, 0.15) is 0 Å². The van der Waals surface area contributed by atoms with Gasteiger partial charge in [0.2, 0.25) is 0 Å². The highest BCUT2D eigenvalue weighted by Gasteiger charge is 2.21. The zero-order valence-electron chi connectivity index (χ0n) is 11.5. The molecular formula is C14H20FNO3. The predicted molar refractivity (Wildman–Crippen MR) is 70.6 cm³/mol. The van der Waals surface area contributed by atoms with Gasteiger partial charge >= 0.3 is 0 Å². The number of carbonyl (C=O) groups excluding carboxylic acids is 1. The van der Waals surface area contributed by atoms with Crippen molar-refractivity contribution >= 4 is 5.91 Å². The zero-order chi connectivity index (χ0) is 14.3. The van der Waals surface area contributed by atoms with E-state index in [0.29, 0.717) is 13.0 Å². The first kappa shape index (κ1) is 15.4. The van der Waals surface area contributed by atoms with E-state index in [4.69, 9.17) is 9.47 Å². The summed E-state index contributed by atoms with van der Waals surface area (Å²) in [5, 5.41) is 2.76. The monoisotopic (exact) mass is 269 g/mol. The van der Waals surface area contributed by atoms with Gasteiger partial charge in [-0.3, -0.25) is 4.79 Å². The van der Waals surface area contributed by atoms with Gasteiger partial charge in [-0.05, 0) is 25.5 Å². The molecule has 5 heteroatoms. The number of hydrogen-bond donors (Lipinski definition) is 1. The second-order valence-corrected chi connectivity index (χ2v) is 4.31. The topological polar surface area (TPSA) is 47.6 Å². The van der Waals surface area contributed by atoms with Crippen molar-refractivity contribution in [2.24, 2.45) is 0 Å². The number of halogens is 1. The quantitative estimate of drug-likeness (QED) is 0.825. The summed E-state index contributed by atoms with van der Waals surface area (Å²) in [5.74, 6) is -0.655. The SMILES string of the molecule is CC[C@@H](Oc1ccccc1F)C(=O)N[C@H](C)COC. The minimum atomic E-state index is -0.712. The zero-order valence-corrected chi connectivity index (χ0v) is 11.5. The molecule has 1 rings (SSSR count). The van der Waals surface area contributed by atoms with E-state index in [9.17, 15) is 9.18 Å². The third-order valence-electron chi connectivity index (χ3n) is 2.57. The first-order valence-corrected chi connectivity index (χ1v) is 6.29. The van der Waals surface area contributed by atoms with Crippen LogP contribution in [0.25, 0.3) is 0 Å². The van der Waals surface area contributed by atoms with Crippen LogP contribution in [0.4, 0.5) is 4.39 Å². The molecule has 0 saturated carbocycles. The summed E-state index contributed by atoms with van der Waals surface area (Å²) < 4.78 is 23.8. The smallest absolute Gasteiger partial charge is 0.261 e. The van der Waals surface area contributed by atoms with Crippen LogP contribution in [0.15, 0.2) is 24.3 Å². The molecule has 0 aliphatic rings. The van der Waals surface area contributed by atoms with Crippen molar-refractivity contribution in [1.82, 2.24) is 5.32 Å². The van der Waals surface area contributed by atoms with Crippen LogP contribution in [0.3, 0.4) is 0 Å². The van der Waals surface area contributed by atoms with E-state index in [-0.39, 0.29) is 17.7 Å². The number of rotatable bonds is 7. The molecule has 0 spiro atoms. The summed E-state index contributed by atoms with van der Waals surface area (Å²) in [7, 11) is 1.57. The molecule has 2 atom stereocenters. The van der Waals surface area contributed by atoms with E-state index >= 15 is 0 Å². The highest BCUT2D eigenvalue weighted by molar-refractivity contribution is 5.81. The van der Waals surface area contributed by atoms with Crippen molar-refractivity contribution in [3.05, 3.63) is 30.1 Å². The number of carbonyl (C=O) groups is 1. The molecule has 0 aliphatic heterocycles. The normalized spacial score (nSPS) is 13.7. The third-order valence-corrected chi connectivity index (χ3v) is 2.57. The number of benzene rings is 1. The van der Waals surface area contributed by atoms with Gasteiger partial charge in [-0.1, -0.05) is 19.1 Å². The standard InChI is InChI=1S/C14H20FNO3/c1-4-12(14(17)16-10(2)9-18-3)19-13-8-6-5-7-11(13)15/h5-8,10,12H,4,9H2,1-3H3,(H,16,17)/t10-,12-/m1/s1. The second-order valence-electron chi connectivity index (χ2n) is 4.31. The lowest BCUT2D eigenvalue weighted by atomic mass is 10.2. The molecule has 0 bridgehead atoms. The Balaban J connectivity index is 2.63. The van der Waals surface area contributed by atoms with Crippen molar-refractivity contribution in [1.29, 1.82) is 0 Å². The Morgan fingerprint density at radius 3 is 2.68 bits per heavy atom. The van der Waals surface area contributed by atoms with E-state index in [1.54, 1.807) is 19.2 Å². The number of para-hydroxylation sites is 1. The molecule has 19 heavy (non-hydrogen) atoms. The van der Waals surface area contributed by atoms with Crippen molar-refractivity contribution in [3.63, 3.8) is 0 Å². The van der Waals surface area contributed by atoms with Crippen LogP contribution < -0.4 is 10.1 Å². The summed E-state index contributed by atoms with van der Waals surface area (Å²) in [6, 6.07) is 5.92. The van der Waals surface area contributed by atoms with Gasteiger partial charge in [-0.2, -0.15) is 0 Å². The van der Waals surface area contributed by atoms with Crippen LogP contribution in [0.1, 0.15) is 20.3 Å². The number of hydrogen-bond acceptors (Lipinski definition) is 3. The summed E-state index contributed by atoms with van der Waals surface area (Å²) in [4.78, 5) is 12.0. The molecule has 0 radical (unpaired) electrons. The number of amides is 1. The fourth-order valence-corrected chi connectivity index (χ4v) is 1.64. The van der Waals surface area contributed by atoms with Crippen LogP contribution in [0.2, 0.25) is 0 Å². The van der Waals surface area contributed by atoms with Gasteiger partial charge in [0.05, 0.1) is 6.61 Å². The van der Waals surface area contributed by atoms with E-state index in [1.165, 1.54) is 12.1 Å². The van der Waals surface area contributed by atoms with Crippen LogP contribution in [0, 0.1) is 5.82 Å². The fourth-order valence-electron chi connectivity index (χ4n) is 1.64. The lowest BCUT2D eigenvalue weighted by Crippen LogP contribution is -2.44. The largest absolute Gasteiger partial charge is 0.478 e. The maximum absolute atomic E-state index is 13.5. The van der Waals surface area contributed by atoms with Crippen molar-refractivity contribution < 1.29 is 18.7 Å². The Labute approximate surface area is 112 Å². The Kier molecular flexibility index (Phi) is 6.29. The first-order valence-electron chi connectivity index (χ1n) is 6.29. The van der Waals surface area contributed by atoms with Crippen molar-refractivity contribution in [2.45, 2.75) is 32.4 Å². The van der Waals surface area contributed by atoms with Gasteiger partial charge < -0.3 is 14.8 Å². The van der Waals surface area contributed by atoms with E-state index in [2.05, 4.69) is 5.32 Å². The maximum Gasteiger partial charge on any atom is 0.261 e. The summed E-state index contributed by atoms with van der Waals surface area (Å²) in [6.45, 7) is 4.06. The predicted octanol–water partition coefficient (Wildman–Crippen LogP) is 2.13. The molecule has 1 aromatic carbocycles. The molecule has 1 aromatic rings. The summed E-state index contributed by atoms with van der Waals surface area (Å²) >= 11 is 0. The van der Waals surface area contributed by atoms with Gasteiger partial charge in [0.25, 0.3) is 5.91 Å². The molecule has 1 N–H and O–H groups in total. The molecule has 0 aromatic heterocycles. The molecular weight excluding hydrogens is 249 g/mol. The second kappa shape index (κ2) is 7.74. The summed E-state index contributed by atoms with van der Waals surface area (Å²) in [6.07, 6.45) is -0.254. The molecule has 0 aliphatic carbocycles. The molecule has 106 valence electrons. The van der Waals surface area contributed by atoms with Gasteiger partial charge in [-0.15, -0.1) is 0 Å². The van der Waals surface area contributed by atoms with Gasteiger partial charge in [0.15, 0.2) is 17.7 Å². The molecule has 0 heterocycles. The average molecular weight is 269 g/mol.